The minimum Gasteiger partial charge on any atom is -0.488 e. The van der Waals surface area contributed by atoms with E-state index >= 15 is 0 Å². The fraction of sp³-hybridized carbons (Fsp3) is 0.500. The van der Waals surface area contributed by atoms with E-state index in [1.54, 1.807) is 6.07 Å². The van der Waals surface area contributed by atoms with Crippen molar-refractivity contribution in [1.29, 1.82) is 0 Å². The summed E-state index contributed by atoms with van der Waals surface area (Å²) in [5.74, 6) is -0.301. The lowest BCUT2D eigenvalue weighted by atomic mass is 9.87. The van der Waals surface area contributed by atoms with Gasteiger partial charge in [0.15, 0.2) is 0 Å². The summed E-state index contributed by atoms with van der Waals surface area (Å²) in [6.45, 7) is 4.93. The summed E-state index contributed by atoms with van der Waals surface area (Å²) in [6.07, 6.45) is -2.55. The van der Waals surface area contributed by atoms with Gasteiger partial charge in [-0.15, -0.1) is 0 Å². The second-order valence-corrected chi connectivity index (χ2v) is 4.59. The van der Waals surface area contributed by atoms with Crippen LogP contribution in [0.2, 0.25) is 0 Å². The molecule has 0 bridgehead atoms. The van der Waals surface area contributed by atoms with Gasteiger partial charge in [-0.1, -0.05) is 26.8 Å². The Morgan fingerprint density at radius 3 is 2.31 bits per heavy atom. The molecule has 0 heterocycles. The van der Waals surface area contributed by atoms with Crippen LogP contribution in [0.3, 0.4) is 0 Å². The molecule has 0 aliphatic carbocycles. The molecule has 0 unspecified atom stereocenters. The SMILES string of the molecule is CC(C)(C)c1ccc(OCC(F)F)cc1F. The zero-order valence-electron chi connectivity index (χ0n) is 9.56. The van der Waals surface area contributed by atoms with E-state index in [2.05, 4.69) is 0 Å². The Bertz CT molecular complexity index is 356. The van der Waals surface area contributed by atoms with Crippen molar-refractivity contribution < 1.29 is 17.9 Å². The van der Waals surface area contributed by atoms with Crippen LogP contribution in [-0.4, -0.2) is 13.0 Å². The Balaban J connectivity index is 2.83. The summed E-state index contributed by atoms with van der Waals surface area (Å²) in [6, 6.07) is 4.21. The molecule has 0 N–H and O–H groups in total. The number of hydrogen-bond donors (Lipinski definition) is 0. The topological polar surface area (TPSA) is 9.23 Å². The zero-order chi connectivity index (χ0) is 12.3. The van der Waals surface area contributed by atoms with Crippen LogP contribution in [0, 0.1) is 5.82 Å². The van der Waals surface area contributed by atoms with E-state index in [0.717, 1.165) is 6.07 Å². The number of halogens is 3. The molecule has 0 saturated carbocycles. The highest BCUT2D eigenvalue weighted by Crippen LogP contribution is 2.27. The Morgan fingerprint density at radius 1 is 1.25 bits per heavy atom. The standard InChI is InChI=1S/C12H15F3O/c1-12(2,3)9-5-4-8(6-10(9)13)16-7-11(14)15/h4-6,11H,7H2,1-3H3. The highest BCUT2D eigenvalue weighted by molar-refractivity contribution is 5.32. The van der Waals surface area contributed by atoms with Crippen LogP contribution >= 0.6 is 0 Å². The maximum Gasteiger partial charge on any atom is 0.272 e. The van der Waals surface area contributed by atoms with Crippen LogP contribution in [0.5, 0.6) is 5.75 Å². The van der Waals surface area contributed by atoms with Gasteiger partial charge in [-0.25, -0.2) is 13.2 Å². The molecule has 90 valence electrons. The van der Waals surface area contributed by atoms with Crippen LogP contribution in [0.25, 0.3) is 0 Å². The van der Waals surface area contributed by atoms with Crippen LogP contribution in [0.15, 0.2) is 18.2 Å². The van der Waals surface area contributed by atoms with Gasteiger partial charge in [0.2, 0.25) is 0 Å². The van der Waals surface area contributed by atoms with Gasteiger partial charge in [-0.2, -0.15) is 0 Å². The third-order valence-corrected chi connectivity index (χ3v) is 2.12. The molecule has 0 aromatic heterocycles. The third kappa shape index (κ3) is 3.43. The molecule has 1 aromatic carbocycles. The first kappa shape index (κ1) is 12.9. The number of alkyl halides is 2. The summed E-state index contributed by atoms with van der Waals surface area (Å²) in [7, 11) is 0. The lowest BCUT2D eigenvalue weighted by Crippen LogP contribution is -2.14. The van der Waals surface area contributed by atoms with Crippen molar-refractivity contribution in [2.24, 2.45) is 0 Å². The van der Waals surface area contributed by atoms with Crippen molar-refractivity contribution in [3.63, 3.8) is 0 Å². The minimum atomic E-state index is -2.55. The molecule has 0 saturated heterocycles. The Kier molecular flexibility index (Phi) is 3.83. The van der Waals surface area contributed by atoms with Gasteiger partial charge in [0, 0.05) is 6.07 Å². The van der Waals surface area contributed by atoms with Crippen molar-refractivity contribution in [3.05, 3.63) is 29.6 Å². The van der Waals surface area contributed by atoms with E-state index in [0.29, 0.717) is 5.56 Å². The van der Waals surface area contributed by atoms with Gasteiger partial charge in [0.1, 0.15) is 18.2 Å². The summed E-state index contributed by atoms with van der Waals surface area (Å²) < 4.78 is 42.1. The maximum atomic E-state index is 13.6. The first-order valence-corrected chi connectivity index (χ1v) is 5.01. The number of rotatable bonds is 3. The minimum absolute atomic E-state index is 0.130. The average Bonchev–Trinajstić information content (AvgIpc) is 2.12. The number of hydrogen-bond acceptors (Lipinski definition) is 1. The summed E-state index contributed by atoms with van der Waals surface area (Å²) >= 11 is 0. The maximum absolute atomic E-state index is 13.6. The second-order valence-electron chi connectivity index (χ2n) is 4.59. The first-order chi connectivity index (χ1) is 7.30. The fourth-order valence-corrected chi connectivity index (χ4v) is 1.35. The van der Waals surface area contributed by atoms with Crippen molar-refractivity contribution in [2.45, 2.75) is 32.6 Å². The van der Waals surface area contributed by atoms with Crippen molar-refractivity contribution in [2.75, 3.05) is 6.61 Å². The van der Waals surface area contributed by atoms with Gasteiger partial charge in [0.05, 0.1) is 0 Å². The molecule has 4 heteroatoms. The molecular formula is C12H15F3O. The molecule has 1 nitrogen and oxygen atoms in total. The Labute approximate surface area is 93.2 Å². The summed E-state index contributed by atoms with van der Waals surface area (Å²) in [5.41, 5.74) is 0.225. The van der Waals surface area contributed by atoms with Crippen LogP contribution in [0.1, 0.15) is 26.3 Å². The van der Waals surface area contributed by atoms with Crippen molar-refractivity contribution in [3.8, 4) is 5.75 Å². The van der Waals surface area contributed by atoms with Gasteiger partial charge >= 0.3 is 0 Å². The molecule has 0 aliphatic rings. The van der Waals surface area contributed by atoms with Gasteiger partial charge < -0.3 is 4.74 Å². The van der Waals surface area contributed by atoms with E-state index < -0.39 is 18.8 Å². The van der Waals surface area contributed by atoms with Gasteiger partial charge in [-0.05, 0) is 17.0 Å². The molecule has 0 atom stereocenters. The van der Waals surface area contributed by atoms with Gasteiger partial charge in [0.25, 0.3) is 6.43 Å². The molecule has 0 spiro atoms. The quantitative estimate of drug-likeness (QED) is 0.770. The Hall–Kier alpha value is -1.19. The van der Waals surface area contributed by atoms with Crippen LogP contribution in [0.4, 0.5) is 13.2 Å². The molecule has 0 radical (unpaired) electrons. The highest BCUT2D eigenvalue weighted by Gasteiger charge is 2.18. The predicted octanol–water partition coefficient (Wildman–Crippen LogP) is 3.77. The van der Waals surface area contributed by atoms with Crippen LogP contribution < -0.4 is 4.74 Å². The molecule has 16 heavy (non-hydrogen) atoms. The normalized spacial score (nSPS) is 11.9. The fourth-order valence-electron chi connectivity index (χ4n) is 1.35. The Morgan fingerprint density at radius 2 is 1.88 bits per heavy atom. The second kappa shape index (κ2) is 4.76. The number of benzene rings is 1. The zero-order valence-corrected chi connectivity index (χ0v) is 9.56. The monoisotopic (exact) mass is 232 g/mol. The van der Waals surface area contributed by atoms with Crippen LogP contribution in [-0.2, 0) is 5.41 Å². The van der Waals surface area contributed by atoms with Crippen molar-refractivity contribution >= 4 is 0 Å². The summed E-state index contributed by atoms with van der Waals surface area (Å²) in [5, 5.41) is 0. The lowest BCUT2D eigenvalue weighted by Gasteiger charge is -2.20. The van der Waals surface area contributed by atoms with E-state index in [1.807, 2.05) is 20.8 Å². The average molecular weight is 232 g/mol. The lowest BCUT2D eigenvalue weighted by molar-refractivity contribution is 0.0817. The molecule has 0 amide bonds. The van der Waals surface area contributed by atoms with E-state index in [1.165, 1.54) is 6.07 Å². The molecule has 0 aliphatic heterocycles. The highest BCUT2D eigenvalue weighted by atomic mass is 19.3. The molecular weight excluding hydrogens is 217 g/mol. The number of ether oxygens (including phenoxy) is 1. The third-order valence-electron chi connectivity index (χ3n) is 2.12. The molecule has 1 aromatic rings. The predicted molar refractivity (Wildman–Crippen MR) is 56.6 cm³/mol. The molecule has 1 rings (SSSR count). The van der Waals surface area contributed by atoms with Crippen molar-refractivity contribution in [1.82, 2.24) is 0 Å². The van der Waals surface area contributed by atoms with E-state index in [4.69, 9.17) is 4.74 Å². The first-order valence-electron chi connectivity index (χ1n) is 5.01. The van der Waals surface area contributed by atoms with Gasteiger partial charge in [-0.3, -0.25) is 0 Å². The van der Waals surface area contributed by atoms with E-state index in [-0.39, 0.29) is 11.2 Å². The van der Waals surface area contributed by atoms with E-state index in [9.17, 15) is 13.2 Å². The molecule has 0 fully saturated rings. The largest absolute Gasteiger partial charge is 0.488 e. The summed E-state index contributed by atoms with van der Waals surface area (Å²) in [4.78, 5) is 0. The smallest absolute Gasteiger partial charge is 0.272 e.